The molecule has 182 valence electrons. The normalized spacial score (nSPS) is 13.9. The van der Waals surface area contributed by atoms with Gasteiger partial charge in [-0.15, -0.1) is 0 Å². The van der Waals surface area contributed by atoms with Crippen LogP contribution in [-0.2, 0) is 9.53 Å². The molecule has 2 atom stereocenters. The fraction of sp³-hybridized carbons (Fsp3) is 0.821. The van der Waals surface area contributed by atoms with E-state index >= 15 is 0 Å². The Bertz CT molecular complexity index is 442. The van der Waals surface area contributed by atoms with Gasteiger partial charge in [-0.25, -0.2) is 4.79 Å². The van der Waals surface area contributed by atoms with Crippen LogP contribution < -0.4 is 0 Å². The maximum Gasteiger partial charge on any atom is 0.332 e. The summed E-state index contributed by atoms with van der Waals surface area (Å²) in [4.78, 5) is 10.8. The van der Waals surface area contributed by atoms with Crippen molar-refractivity contribution in [1.82, 2.24) is 0 Å². The number of aliphatic carboxylic acids is 1. The first kappa shape index (κ1) is 29.9. The van der Waals surface area contributed by atoms with E-state index in [2.05, 4.69) is 38.2 Å². The SMILES string of the molecule is CCC(C)CCCCCCCCCCCCCC=CCCC=CCCC(OC)C(=O)O. The van der Waals surface area contributed by atoms with Gasteiger partial charge in [-0.1, -0.05) is 115 Å². The quantitative estimate of drug-likeness (QED) is 0.128. The van der Waals surface area contributed by atoms with Crippen LogP contribution in [0.2, 0.25) is 0 Å². The van der Waals surface area contributed by atoms with Gasteiger partial charge in [0, 0.05) is 7.11 Å². The molecule has 31 heavy (non-hydrogen) atoms. The second-order valence-corrected chi connectivity index (χ2v) is 9.14. The van der Waals surface area contributed by atoms with Crippen molar-refractivity contribution in [1.29, 1.82) is 0 Å². The van der Waals surface area contributed by atoms with Gasteiger partial charge in [0.25, 0.3) is 0 Å². The van der Waals surface area contributed by atoms with Crippen LogP contribution in [0.3, 0.4) is 0 Å². The van der Waals surface area contributed by atoms with E-state index in [4.69, 9.17) is 9.84 Å². The second kappa shape index (κ2) is 23.6. The lowest BCUT2D eigenvalue weighted by Crippen LogP contribution is -2.21. The first-order chi connectivity index (χ1) is 15.1. The predicted molar refractivity (Wildman–Crippen MR) is 135 cm³/mol. The Kier molecular flexibility index (Phi) is 22.7. The molecule has 0 radical (unpaired) electrons. The van der Waals surface area contributed by atoms with Gasteiger partial charge >= 0.3 is 5.97 Å². The van der Waals surface area contributed by atoms with Crippen molar-refractivity contribution in [3.05, 3.63) is 24.3 Å². The summed E-state index contributed by atoms with van der Waals surface area (Å²) < 4.78 is 4.92. The molecule has 0 amide bonds. The van der Waals surface area contributed by atoms with Crippen LogP contribution >= 0.6 is 0 Å². The van der Waals surface area contributed by atoms with Crippen LogP contribution in [0.1, 0.15) is 129 Å². The lowest BCUT2D eigenvalue weighted by atomic mass is 9.99. The highest BCUT2D eigenvalue weighted by atomic mass is 16.5. The van der Waals surface area contributed by atoms with Crippen molar-refractivity contribution in [2.24, 2.45) is 5.92 Å². The molecular weight excluding hydrogens is 384 g/mol. The van der Waals surface area contributed by atoms with E-state index in [-0.39, 0.29) is 0 Å². The van der Waals surface area contributed by atoms with Crippen molar-refractivity contribution in [2.45, 2.75) is 136 Å². The van der Waals surface area contributed by atoms with Gasteiger partial charge in [0.15, 0.2) is 6.10 Å². The van der Waals surface area contributed by atoms with E-state index in [1.54, 1.807) is 0 Å². The largest absolute Gasteiger partial charge is 0.479 e. The molecule has 0 saturated carbocycles. The first-order valence-corrected chi connectivity index (χ1v) is 13.2. The standard InChI is InChI=1S/C28H52O3/c1-4-26(2)24-22-20-18-16-14-12-10-8-6-5-7-9-11-13-15-17-19-21-23-25-27(31-3)28(29)30/h11,13,19,21,26-27H,4-10,12,14-18,20,22-25H2,1-3H3,(H,29,30). The summed E-state index contributed by atoms with van der Waals surface area (Å²) >= 11 is 0. The highest BCUT2D eigenvalue weighted by molar-refractivity contribution is 5.72. The van der Waals surface area contributed by atoms with Gasteiger partial charge in [0.05, 0.1) is 0 Å². The van der Waals surface area contributed by atoms with Crippen LogP contribution in [0.15, 0.2) is 24.3 Å². The number of carboxylic acids is 1. The Morgan fingerprint density at radius 3 is 1.65 bits per heavy atom. The zero-order valence-electron chi connectivity index (χ0n) is 21.0. The van der Waals surface area contributed by atoms with Crippen molar-refractivity contribution in [3.8, 4) is 0 Å². The molecule has 0 spiro atoms. The molecule has 0 aliphatic carbocycles. The Morgan fingerprint density at radius 2 is 1.16 bits per heavy atom. The van der Waals surface area contributed by atoms with Crippen LogP contribution in [0.5, 0.6) is 0 Å². The zero-order chi connectivity index (χ0) is 23.0. The molecular formula is C28H52O3. The van der Waals surface area contributed by atoms with Gasteiger partial charge in [0.1, 0.15) is 0 Å². The highest BCUT2D eigenvalue weighted by Gasteiger charge is 2.14. The Labute approximate surface area is 193 Å². The molecule has 3 heteroatoms. The van der Waals surface area contributed by atoms with Crippen molar-refractivity contribution in [2.75, 3.05) is 7.11 Å². The minimum absolute atomic E-state index is 0.538. The van der Waals surface area contributed by atoms with Gasteiger partial charge in [-0.2, -0.15) is 0 Å². The number of carbonyl (C=O) groups is 1. The second-order valence-electron chi connectivity index (χ2n) is 9.14. The number of ether oxygens (including phenoxy) is 1. The van der Waals surface area contributed by atoms with Gasteiger partial charge in [-0.05, 0) is 44.4 Å². The van der Waals surface area contributed by atoms with E-state index in [0.717, 1.165) is 25.2 Å². The van der Waals surface area contributed by atoms with Crippen LogP contribution in [0.4, 0.5) is 0 Å². The van der Waals surface area contributed by atoms with Crippen LogP contribution in [0.25, 0.3) is 0 Å². The average molecular weight is 437 g/mol. The Hall–Kier alpha value is -1.09. The number of rotatable bonds is 23. The summed E-state index contributed by atoms with van der Waals surface area (Å²) in [6.07, 6.45) is 31.0. The van der Waals surface area contributed by atoms with Gasteiger partial charge in [-0.3, -0.25) is 0 Å². The van der Waals surface area contributed by atoms with E-state index < -0.39 is 12.1 Å². The number of hydrogen-bond acceptors (Lipinski definition) is 2. The minimum atomic E-state index is -0.878. The van der Waals surface area contributed by atoms with E-state index in [1.165, 1.54) is 97.0 Å². The van der Waals surface area contributed by atoms with Crippen molar-refractivity contribution >= 4 is 5.97 Å². The molecule has 0 saturated heterocycles. The summed E-state index contributed by atoms with van der Waals surface area (Å²) in [5, 5.41) is 8.89. The van der Waals surface area contributed by atoms with Gasteiger partial charge in [0.2, 0.25) is 0 Å². The third kappa shape index (κ3) is 21.9. The molecule has 3 nitrogen and oxygen atoms in total. The molecule has 0 aliphatic heterocycles. The molecule has 1 N–H and O–H groups in total. The predicted octanol–water partition coefficient (Wildman–Crippen LogP) is 8.88. The highest BCUT2D eigenvalue weighted by Crippen LogP contribution is 2.15. The molecule has 0 fully saturated rings. The Morgan fingerprint density at radius 1 is 0.710 bits per heavy atom. The van der Waals surface area contributed by atoms with Crippen molar-refractivity contribution < 1.29 is 14.6 Å². The number of unbranched alkanes of at least 4 members (excludes halogenated alkanes) is 12. The van der Waals surface area contributed by atoms with E-state index in [0.29, 0.717) is 6.42 Å². The molecule has 0 rings (SSSR count). The first-order valence-electron chi connectivity index (χ1n) is 13.2. The summed E-state index contributed by atoms with van der Waals surface area (Å²) in [5.41, 5.74) is 0. The molecule has 0 aromatic heterocycles. The summed E-state index contributed by atoms with van der Waals surface area (Å²) in [6, 6.07) is 0. The molecule has 0 aliphatic rings. The van der Waals surface area contributed by atoms with E-state index in [9.17, 15) is 4.79 Å². The topological polar surface area (TPSA) is 46.5 Å². The zero-order valence-corrected chi connectivity index (χ0v) is 21.0. The van der Waals surface area contributed by atoms with Gasteiger partial charge < -0.3 is 9.84 Å². The minimum Gasteiger partial charge on any atom is -0.479 e. The lowest BCUT2D eigenvalue weighted by Gasteiger charge is -2.07. The Balaban J connectivity index is 3.27. The summed E-state index contributed by atoms with van der Waals surface area (Å²) in [7, 11) is 1.45. The molecule has 0 bridgehead atoms. The third-order valence-electron chi connectivity index (χ3n) is 6.25. The number of hydrogen-bond donors (Lipinski definition) is 1. The fourth-order valence-electron chi connectivity index (χ4n) is 3.80. The van der Waals surface area contributed by atoms with E-state index in [1.807, 2.05) is 0 Å². The lowest BCUT2D eigenvalue weighted by molar-refractivity contribution is -0.148. The monoisotopic (exact) mass is 436 g/mol. The number of carboxylic acid groups (broad SMARTS) is 1. The maximum atomic E-state index is 10.8. The third-order valence-corrected chi connectivity index (χ3v) is 6.25. The molecule has 2 unspecified atom stereocenters. The number of allylic oxidation sites excluding steroid dienone is 4. The molecule has 0 aromatic carbocycles. The smallest absolute Gasteiger partial charge is 0.332 e. The fourth-order valence-corrected chi connectivity index (χ4v) is 3.80. The average Bonchev–Trinajstić information content (AvgIpc) is 2.76. The summed E-state index contributed by atoms with van der Waals surface area (Å²) in [6.45, 7) is 4.68. The number of methoxy groups -OCH3 is 1. The van der Waals surface area contributed by atoms with Crippen LogP contribution in [0, 0.1) is 5.92 Å². The molecule has 0 heterocycles. The van der Waals surface area contributed by atoms with Crippen LogP contribution in [-0.4, -0.2) is 24.3 Å². The molecule has 0 aromatic rings. The summed E-state index contributed by atoms with van der Waals surface area (Å²) in [5.74, 6) is 0.0444. The van der Waals surface area contributed by atoms with Crippen molar-refractivity contribution in [3.63, 3.8) is 0 Å². The maximum absolute atomic E-state index is 10.8.